The molecule has 0 saturated carbocycles. The summed E-state index contributed by atoms with van der Waals surface area (Å²) < 4.78 is 0. The predicted octanol–water partition coefficient (Wildman–Crippen LogP) is 5.97. The highest BCUT2D eigenvalue weighted by Gasteiger charge is 2.13. The van der Waals surface area contributed by atoms with Gasteiger partial charge in [-0.05, 0) is 58.7 Å². The number of nitrogens with two attached hydrogens (primary N) is 1. The lowest BCUT2D eigenvalue weighted by Gasteiger charge is -2.13. The topological polar surface area (TPSA) is 72.0 Å². The molecule has 2 aromatic heterocycles. The first kappa shape index (κ1) is 17.7. The number of anilines is 1. The highest BCUT2D eigenvalue weighted by atomic mass is 16.3. The van der Waals surface area contributed by atoms with Crippen LogP contribution in [0, 0.1) is 0 Å². The number of nitrogens with zero attached hydrogens (tertiary/aromatic N) is 2. The van der Waals surface area contributed by atoms with E-state index in [4.69, 9.17) is 5.73 Å². The van der Waals surface area contributed by atoms with Gasteiger partial charge in [-0.25, -0.2) is 0 Å². The van der Waals surface area contributed by atoms with Gasteiger partial charge in [0.1, 0.15) is 5.75 Å². The lowest BCUT2D eigenvalue weighted by Crippen LogP contribution is -1.96. The molecule has 0 atom stereocenters. The van der Waals surface area contributed by atoms with E-state index in [1.54, 1.807) is 18.5 Å². The van der Waals surface area contributed by atoms with Gasteiger partial charge in [0, 0.05) is 39.6 Å². The smallest absolute Gasteiger partial charge is 0.125 e. The van der Waals surface area contributed by atoms with Crippen LogP contribution in [-0.2, 0) is 6.42 Å². The zero-order chi connectivity index (χ0) is 20.9. The van der Waals surface area contributed by atoms with Crippen molar-refractivity contribution in [2.24, 2.45) is 0 Å². The van der Waals surface area contributed by atoms with Crippen LogP contribution in [0.5, 0.6) is 5.75 Å². The Bertz CT molecular complexity index is 1640. The summed E-state index contributed by atoms with van der Waals surface area (Å²) in [6, 6.07) is 24.1. The lowest BCUT2D eigenvalue weighted by molar-refractivity contribution is 0.482. The summed E-state index contributed by atoms with van der Waals surface area (Å²) in [5, 5.41) is 16.4. The van der Waals surface area contributed by atoms with Crippen molar-refractivity contribution in [1.29, 1.82) is 0 Å². The summed E-state index contributed by atoms with van der Waals surface area (Å²) in [4.78, 5) is 9.14. The summed E-state index contributed by atoms with van der Waals surface area (Å²) in [5.74, 6) is 0.252. The van der Waals surface area contributed by atoms with Crippen LogP contribution in [-0.4, -0.2) is 15.1 Å². The van der Waals surface area contributed by atoms with Crippen molar-refractivity contribution in [1.82, 2.24) is 9.97 Å². The van der Waals surface area contributed by atoms with Gasteiger partial charge in [-0.2, -0.15) is 0 Å². The molecular formula is C27H19N3O. The second-order valence-electron chi connectivity index (χ2n) is 7.91. The number of phenols is 1. The average Bonchev–Trinajstić information content (AvgIpc) is 2.79. The molecule has 31 heavy (non-hydrogen) atoms. The number of aromatic nitrogens is 2. The third-order valence-electron chi connectivity index (χ3n) is 5.97. The Labute approximate surface area is 178 Å². The van der Waals surface area contributed by atoms with Crippen molar-refractivity contribution >= 4 is 49.0 Å². The molecule has 0 spiro atoms. The van der Waals surface area contributed by atoms with Gasteiger partial charge >= 0.3 is 0 Å². The SMILES string of the molecule is Nc1cc(Cc2cc3cccc(O)c3c3ncccc23)cc2ccc3cccnc3c12. The minimum atomic E-state index is 0.252. The molecule has 0 aliphatic rings. The van der Waals surface area contributed by atoms with E-state index in [9.17, 15) is 5.11 Å². The first-order chi connectivity index (χ1) is 15.2. The summed E-state index contributed by atoms with van der Waals surface area (Å²) >= 11 is 0. The van der Waals surface area contributed by atoms with Gasteiger partial charge in [0.25, 0.3) is 0 Å². The van der Waals surface area contributed by atoms with Crippen LogP contribution >= 0.6 is 0 Å². The van der Waals surface area contributed by atoms with Gasteiger partial charge in [0.15, 0.2) is 0 Å². The number of hydrogen-bond donors (Lipinski definition) is 2. The largest absolute Gasteiger partial charge is 0.507 e. The molecule has 3 N–H and O–H groups in total. The summed E-state index contributed by atoms with van der Waals surface area (Å²) in [5.41, 5.74) is 11.3. The van der Waals surface area contributed by atoms with Crippen LogP contribution in [0.3, 0.4) is 0 Å². The summed E-state index contributed by atoms with van der Waals surface area (Å²) in [6.07, 6.45) is 4.29. The Kier molecular flexibility index (Phi) is 3.80. The number of fused-ring (bicyclic) bond motifs is 6. The summed E-state index contributed by atoms with van der Waals surface area (Å²) in [6.45, 7) is 0. The fraction of sp³-hybridized carbons (Fsp3) is 0.0370. The van der Waals surface area contributed by atoms with E-state index >= 15 is 0 Å². The van der Waals surface area contributed by atoms with E-state index in [-0.39, 0.29) is 5.75 Å². The molecule has 0 radical (unpaired) electrons. The lowest BCUT2D eigenvalue weighted by atomic mass is 9.94. The summed E-state index contributed by atoms with van der Waals surface area (Å²) in [7, 11) is 0. The van der Waals surface area contributed by atoms with Crippen LogP contribution in [0.4, 0.5) is 5.69 Å². The fourth-order valence-electron chi connectivity index (χ4n) is 4.63. The van der Waals surface area contributed by atoms with E-state index < -0.39 is 0 Å². The van der Waals surface area contributed by atoms with Crippen molar-refractivity contribution in [3.63, 3.8) is 0 Å². The van der Waals surface area contributed by atoms with E-state index in [0.717, 1.165) is 60.2 Å². The maximum Gasteiger partial charge on any atom is 0.125 e. The van der Waals surface area contributed by atoms with Gasteiger partial charge in [-0.1, -0.05) is 42.5 Å². The van der Waals surface area contributed by atoms with Crippen LogP contribution in [0.25, 0.3) is 43.4 Å². The third kappa shape index (κ3) is 2.76. The van der Waals surface area contributed by atoms with Crippen molar-refractivity contribution in [3.8, 4) is 5.75 Å². The highest BCUT2D eigenvalue weighted by Crippen LogP contribution is 2.35. The maximum absolute atomic E-state index is 10.4. The quantitative estimate of drug-likeness (QED) is 0.277. The van der Waals surface area contributed by atoms with Crippen LogP contribution in [0.2, 0.25) is 0 Å². The Morgan fingerprint density at radius 1 is 0.710 bits per heavy atom. The predicted molar refractivity (Wildman–Crippen MR) is 127 cm³/mol. The van der Waals surface area contributed by atoms with Gasteiger partial charge in [0.05, 0.1) is 11.0 Å². The van der Waals surface area contributed by atoms with Crippen LogP contribution < -0.4 is 5.73 Å². The third-order valence-corrected chi connectivity index (χ3v) is 5.97. The zero-order valence-electron chi connectivity index (χ0n) is 16.7. The minimum absolute atomic E-state index is 0.252. The van der Waals surface area contributed by atoms with E-state index in [1.807, 2.05) is 30.3 Å². The molecular weight excluding hydrogens is 382 g/mol. The number of rotatable bonds is 2. The Hall–Kier alpha value is -4.18. The molecule has 4 heteroatoms. The number of phenolic OH excluding ortho intramolecular Hbond substituents is 1. The molecule has 0 amide bonds. The second kappa shape index (κ2) is 6.67. The number of pyridine rings is 2. The zero-order valence-corrected chi connectivity index (χ0v) is 16.7. The van der Waals surface area contributed by atoms with E-state index in [0.29, 0.717) is 6.42 Å². The number of benzene rings is 4. The first-order valence-corrected chi connectivity index (χ1v) is 10.2. The monoisotopic (exact) mass is 401 g/mol. The number of aromatic hydroxyl groups is 1. The average molecular weight is 401 g/mol. The Morgan fingerprint density at radius 3 is 2.35 bits per heavy atom. The Morgan fingerprint density at radius 2 is 1.45 bits per heavy atom. The Balaban J connectivity index is 1.56. The van der Waals surface area contributed by atoms with E-state index in [1.165, 1.54) is 0 Å². The van der Waals surface area contributed by atoms with Gasteiger partial charge in [-0.3, -0.25) is 9.97 Å². The van der Waals surface area contributed by atoms with E-state index in [2.05, 4.69) is 46.4 Å². The molecule has 0 aliphatic carbocycles. The molecule has 6 rings (SSSR count). The normalized spacial score (nSPS) is 11.6. The van der Waals surface area contributed by atoms with Gasteiger partial charge in [0.2, 0.25) is 0 Å². The molecule has 2 heterocycles. The standard InChI is InChI=1S/C27H19N3O/c28-22-14-16(12-19-9-8-17-5-2-10-29-26(17)24(19)22)13-20-15-18-4-1-7-23(31)25(18)27-21(20)6-3-11-30-27/h1-12,14-15,31H,13,28H2. The molecule has 6 aromatic rings. The van der Waals surface area contributed by atoms with Crippen molar-refractivity contribution in [2.75, 3.05) is 5.73 Å². The maximum atomic E-state index is 10.4. The molecule has 4 nitrogen and oxygen atoms in total. The van der Waals surface area contributed by atoms with Crippen LogP contribution in [0.15, 0.2) is 85.2 Å². The molecule has 0 bridgehead atoms. The molecule has 148 valence electrons. The number of hydrogen-bond acceptors (Lipinski definition) is 4. The molecule has 0 aliphatic heterocycles. The molecule has 0 saturated heterocycles. The molecule has 0 fully saturated rings. The van der Waals surface area contributed by atoms with Gasteiger partial charge < -0.3 is 10.8 Å². The van der Waals surface area contributed by atoms with Gasteiger partial charge in [-0.15, -0.1) is 0 Å². The second-order valence-corrected chi connectivity index (χ2v) is 7.91. The number of nitrogen functional groups attached to an aromatic ring is 1. The molecule has 4 aromatic carbocycles. The highest BCUT2D eigenvalue weighted by molar-refractivity contribution is 6.12. The molecule has 0 unspecified atom stereocenters. The first-order valence-electron chi connectivity index (χ1n) is 10.2. The fourth-order valence-corrected chi connectivity index (χ4v) is 4.63. The minimum Gasteiger partial charge on any atom is -0.507 e. The van der Waals surface area contributed by atoms with Crippen LogP contribution in [0.1, 0.15) is 11.1 Å². The van der Waals surface area contributed by atoms with Crippen molar-refractivity contribution < 1.29 is 5.11 Å². The van der Waals surface area contributed by atoms with Crippen molar-refractivity contribution in [2.45, 2.75) is 6.42 Å². The van der Waals surface area contributed by atoms with Crippen molar-refractivity contribution in [3.05, 3.63) is 96.3 Å².